The van der Waals surface area contributed by atoms with Gasteiger partial charge in [-0.3, -0.25) is 4.79 Å². The van der Waals surface area contributed by atoms with Crippen LogP contribution in [0.1, 0.15) is 34.3 Å². The van der Waals surface area contributed by atoms with E-state index in [1.807, 2.05) is 47.2 Å². The molecule has 224 valence electrons. The second-order valence-corrected chi connectivity index (χ2v) is 13.0. The Kier molecular flexibility index (Phi) is 9.27. The Balaban J connectivity index is 1.24. The third-order valence-electron chi connectivity index (χ3n) is 7.57. The zero-order valence-electron chi connectivity index (χ0n) is 23.7. The molecule has 0 radical (unpaired) electrons. The summed E-state index contributed by atoms with van der Waals surface area (Å²) in [4.78, 5) is 14.9. The zero-order chi connectivity index (χ0) is 29.7. The van der Waals surface area contributed by atoms with Crippen LogP contribution in [0, 0.1) is 0 Å². The van der Waals surface area contributed by atoms with Gasteiger partial charge in [0.25, 0.3) is 5.91 Å². The zero-order valence-corrected chi connectivity index (χ0v) is 25.2. The van der Waals surface area contributed by atoms with Gasteiger partial charge in [0.05, 0.1) is 25.5 Å². The minimum atomic E-state index is -3.72. The van der Waals surface area contributed by atoms with Crippen molar-refractivity contribution in [1.29, 1.82) is 0 Å². The van der Waals surface area contributed by atoms with Crippen LogP contribution >= 0.6 is 11.6 Å². The average Bonchev–Trinajstić information content (AvgIpc) is 3.32. The van der Waals surface area contributed by atoms with Crippen LogP contribution in [0.3, 0.4) is 0 Å². The van der Waals surface area contributed by atoms with E-state index in [0.29, 0.717) is 13.2 Å². The highest BCUT2D eigenvalue weighted by atomic mass is 35.5. The number of hydrogen-bond acceptors (Lipinski definition) is 8. The number of nitrogens with zero attached hydrogens (tertiary/aromatic N) is 1. The molecule has 1 atom stereocenters. The second-order valence-electron chi connectivity index (χ2n) is 10.8. The molecule has 0 saturated carbocycles. The number of ether oxygens (including phenoxy) is 4. The number of amides is 1. The fourth-order valence-corrected chi connectivity index (χ4v) is 6.03. The molecule has 0 bridgehead atoms. The van der Waals surface area contributed by atoms with E-state index in [-0.39, 0.29) is 29.6 Å². The van der Waals surface area contributed by atoms with E-state index in [1.54, 1.807) is 25.3 Å². The lowest BCUT2D eigenvalue weighted by Crippen LogP contribution is -2.49. The fraction of sp³-hybridized carbons (Fsp3) is 0.387. The van der Waals surface area contributed by atoms with Crippen molar-refractivity contribution < 1.29 is 32.2 Å². The molecule has 2 aliphatic rings. The number of carbonyl (C=O) groups excluding carboxylic acids is 1. The van der Waals surface area contributed by atoms with E-state index in [0.717, 1.165) is 66.3 Å². The minimum absolute atomic E-state index is 0.134. The van der Waals surface area contributed by atoms with Gasteiger partial charge in [-0.2, -0.15) is 0 Å². The van der Waals surface area contributed by atoms with E-state index in [4.69, 9.17) is 30.5 Å². The first-order valence-electron chi connectivity index (χ1n) is 13.8. The molecule has 3 aromatic rings. The summed E-state index contributed by atoms with van der Waals surface area (Å²) < 4.78 is 49.3. The summed E-state index contributed by atoms with van der Waals surface area (Å²) in [6.07, 6.45) is 3.21. The van der Waals surface area contributed by atoms with Crippen LogP contribution < -0.4 is 18.9 Å². The molecule has 5 rings (SSSR count). The van der Waals surface area contributed by atoms with Crippen molar-refractivity contribution in [2.75, 3.05) is 39.6 Å². The van der Waals surface area contributed by atoms with Crippen LogP contribution in [0.5, 0.6) is 17.2 Å². The monoisotopic (exact) mass is 614 g/mol. The molecule has 3 aromatic carbocycles. The van der Waals surface area contributed by atoms with Crippen LogP contribution in [0.15, 0.2) is 66.7 Å². The molecular weight excluding hydrogens is 580 g/mol. The molecule has 2 heterocycles. The molecule has 1 N–H and O–H groups in total. The summed E-state index contributed by atoms with van der Waals surface area (Å²) in [5.41, 5.74) is 2.06. The van der Waals surface area contributed by atoms with E-state index in [9.17, 15) is 13.2 Å². The molecule has 2 aliphatic heterocycles. The van der Waals surface area contributed by atoms with Gasteiger partial charge in [0, 0.05) is 43.9 Å². The second kappa shape index (κ2) is 12.9. The number of benzene rings is 3. The van der Waals surface area contributed by atoms with Gasteiger partial charge in [-0.1, -0.05) is 35.9 Å². The molecule has 1 amide bonds. The van der Waals surface area contributed by atoms with Crippen LogP contribution in [-0.2, 0) is 27.8 Å². The van der Waals surface area contributed by atoms with Gasteiger partial charge in [0.15, 0.2) is 0 Å². The molecule has 0 unspecified atom stereocenters. The maximum Gasteiger partial charge on any atom is 0.268 e. The third kappa shape index (κ3) is 7.74. The summed E-state index contributed by atoms with van der Waals surface area (Å²) in [6, 6.07) is 20.0. The Bertz CT molecular complexity index is 1510. The first kappa shape index (κ1) is 30.2. The Morgan fingerprint density at radius 2 is 1.83 bits per heavy atom. The molecule has 1 fully saturated rings. The van der Waals surface area contributed by atoms with E-state index < -0.39 is 15.9 Å². The third-order valence-corrected chi connectivity index (χ3v) is 8.36. The minimum Gasteiger partial charge on any atom is -0.497 e. The highest BCUT2D eigenvalue weighted by Crippen LogP contribution is 2.42. The van der Waals surface area contributed by atoms with Gasteiger partial charge in [0.1, 0.15) is 35.6 Å². The van der Waals surface area contributed by atoms with Crippen molar-refractivity contribution in [3.63, 3.8) is 0 Å². The molecule has 0 aliphatic carbocycles. The standard InChI is InChI=1S/C31H35ClN2O7S/c1-38-25-10-7-22(8-11-25)20-39-26(21-40-29-6-4-3-5-27(29)30(35)33-42(2,36)37)19-34-15-13-31(14-16-34)18-23-17-24(32)9-12-28(23)41-31/h3-12,17,26H,13-16,18-21H2,1-2H3,(H,33,35)/t26-/m0/s1. The lowest BCUT2D eigenvalue weighted by molar-refractivity contribution is -0.0343. The van der Waals surface area contributed by atoms with Crippen molar-refractivity contribution in [3.05, 3.63) is 88.4 Å². The van der Waals surface area contributed by atoms with Crippen LogP contribution in [0.25, 0.3) is 0 Å². The predicted octanol–water partition coefficient (Wildman–Crippen LogP) is 4.47. The quantitative estimate of drug-likeness (QED) is 0.337. The highest BCUT2D eigenvalue weighted by Gasteiger charge is 2.42. The number of halogens is 1. The molecule has 1 saturated heterocycles. The van der Waals surface area contributed by atoms with Crippen molar-refractivity contribution in [3.8, 4) is 17.2 Å². The van der Waals surface area contributed by atoms with Gasteiger partial charge in [-0.15, -0.1) is 0 Å². The Hall–Kier alpha value is -3.31. The average molecular weight is 615 g/mol. The lowest BCUT2D eigenvalue weighted by Gasteiger charge is -2.39. The molecule has 42 heavy (non-hydrogen) atoms. The molecule has 9 nitrogen and oxygen atoms in total. The van der Waals surface area contributed by atoms with Gasteiger partial charge in [-0.25, -0.2) is 13.1 Å². The van der Waals surface area contributed by atoms with Crippen molar-refractivity contribution in [1.82, 2.24) is 9.62 Å². The van der Waals surface area contributed by atoms with Crippen molar-refractivity contribution in [2.24, 2.45) is 0 Å². The number of nitrogens with one attached hydrogen (secondary N) is 1. The normalized spacial score (nSPS) is 16.8. The number of carbonyl (C=O) groups is 1. The van der Waals surface area contributed by atoms with Gasteiger partial charge >= 0.3 is 0 Å². The van der Waals surface area contributed by atoms with E-state index in [2.05, 4.69) is 4.90 Å². The number of para-hydroxylation sites is 1. The maximum absolute atomic E-state index is 12.6. The fourth-order valence-electron chi connectivity index (χ4n) is 5.39. The number of piperidine rings is 1. The Labute approximate surface area is 251 Å². The van der Waals surface area contributed by atoms with Gasteiger partial charge < -0.3 is 23.8 Å². The largest absolute Gasteiger partial charge is 0.497 e. The SMILES string of the molecule is COc1ccc(CO[C@H](COc2ccccc2C(=O)NS(C)(=O)=O)CN2CCC3(CC2)Cc2cc(Cl)ccc2O3)cc1. The van der Waals surface area contributed by atoms with E-state index in [1.165, 1.54) is 6.07 Å². The highest BCUT2D eigenvalue weighted by molar-refractivity contribution is 7.89. The summed E-state index contributed by atoms with van der Waals surface area (Å²) in [5, 5.41) is 0.721. The summed E-state index contributed by atoms with van der Waals surface area (Å²) in [5.74, 6) is 1.22. The topological polar surface area (TPSA) is 103 Å². The number of likely N-dealkylation sites (tertiary alicyclic amines) is 1. The lowest BCUT2D eigenvalue weighted by atomic mass is 9.87. The number of rotatable bonds is 11. The molecular formula is C31H35ClN2O7S. The summed E-state index contributed by atoms with van der Waals surface area (Å²) in [6.45, 7) is 2.81. The first-order chi connectivity index (χ1) is 20.1. The number of fused-ring (bicyclic) bond motifs is 1. The summed E-state index contributed by atoms with van der Waals surface area (Å²) in [7, 11) is -2.10. The number of sulfonamides is 1. The molecule has 0 aromatic heterocycles. The predicted molar refractivity (Wildman–Crippen MR) is 160 cm³/mol. The Morgan fingerprint density at radius 3 is 2.55 bits per heavy atom. The molecule has 1 spiro atoms. The van der Waals surface area contributed by atoms with Gasteiger partial charge in [-0.05, 0) is 53.6 Å². The summed E-state index contributed by atoms with van der Waals surface area (Å²) >= 11 is 6.20. The van der Waals surface area contributed by atoms with Crippen LogP contribution in [0.2, 0.25) is 5.02 Å². The van der Waals surface area contributed by atoms with Crippen molar-refractivity contribution >= 4 is 27.5 Å². The van der Waals surface area contributed by atoms with Crippen LogP contribution in [-0.4, -0.2) is 70.5 Å². The molecule has 11 heteroatoms. The number of hydrogen-bond donors (Lipinski definition) is 1. The smallest absolute Gasteiger partial charge is 0.268 e. The number of methoxy groups -OCH3 is 1. The first-order valence-corrected chi connectivity index (χ1v) is 16.1. The van der Waals surface area contributed by atoms with Crippen LogP contribution in [0.4, 0.5) is 0 Å². The van der Waals surface area contributed by atoms with E-state index >= 15 is 0 Å². The van der Waals surface area contributed by atoms with Crippen molar-refractivity contribution in [2.45, 2.75) is 37.6 Å². The maximum atomic E-state index is 12.6. The van der Waals surface area contributed by atoms with Gasteiger partial charge in [0.2, 0.25) is 10.0 Å². The Morgan fingerprint density at radius 1 is 1.10 bits per heavy atom.